The molecule has 1 aliphatic rings. The van der Waals surface area contributed by atoms with E-state index in [0.717, 1.165) is 30.8 Å². The lowest BCUT2D eigenvalue weighted by atomic mass is 9.95. The van der Waals surface area contributed by atoms with E-state index >= 15 is 0 Å². The Labute approximate surface area is 138 Å². The molecule has 2 N–H and O–H groups in total. The summed E-state index contributed by atoms with van der Waals surface area (Å²) in [5.41, 5.74) is -0.124. The van der Waals surface area contributed by atoms with Crippen LogP contribution in [0, 0.1) is 0 Å². The topological polar surface area (TPSA) is 49.8 Å². The molecule has 1 saturated carbocycles. The van der Waals surface area contributed by atoms with Crippen LogP contribution in [0.1, 0.15) is 37.7 Å². The predicted molar refractivity (Wildman–Crippen MR) is 87.3 cm³/mol. The van der Waals surface area contributed by atoms with Gasteiger partial charge in [0, 0.05) is 17.8 Å². The van der Waals surface area contributed by atoms with Gasteiger partial charge < -0.3 is 10.6 Å². The number of halogens is 3. The van der Waals surface area contributed by atoms with Crippen molar-refractivity contribution in [3.63, 3.8) is 0 Å². The molecule has 24 heavy (non-hydrogen) atoms. The largest absolute Gasteiger partial charge is 0.416 e. The monoisotopic (exact) mass is 336 g/mol. The normalized spacial score (nSPS) is 16.0. The van der Waals surface area contributed by atoms with Gasteiger partial charge in [-0.15, -0.1) is 0 Å². The summed E-state index contributed by atoms with van der Waals surface area (Å²) < 4.78 is 37.7. The van der Waals surface area contributed by atoms with Crippen molar-refractivity contribution in [1.82, 2.24) is 9.97 Å². The van der Waals surface area contributed by atoms with Crippen molar-refractivity contribution in [3.8, 4) is 0 Å². The maximum absolute atomic E-state index is 12.6. The zero-order chi connectivity index (χ0) is 17.0. The molecule has 0 aliphatic heterocycles. The van der Waals surface area contributed by atoms with E-state index in [1.807, 2.05) is 0 Å². The van der Waals surface area contributed by atoms with E-state index in [0.29, 0.717) is 17.5 Å². The molecule has 1 aromatic carbocycles. The molecule has 0 amide bonds. The summed E-state index contributed by atoms with van der Waals surface area (Å²) in [7, 11) is 0. The van der Waals surface area contributed by atoms with E-state index in [-0.39, 0.29) is 0 Å². The third-order valence-electron chi connectivity index (χ3n) is 4.11. The van der Waals surface area contributed by atoms with Crippen molar-refractivity contribution < 1.29 is 13.2 Å². The third kappa shape index (κ3) is 4.37. The number of hydrogen-bond donors (Lipinski definition) is 2. The van der Waals surface area contributed by atoms with Crippen molar-refractivity contribution in [1.29, 1.82) is 0 Å². The Morgan fingerprint density at radius 1 is 0.917 bits per heavy atom. The van der Waals surface area contributed by atoms with Crippen LogP contribution in [-0.4, -0.2) is 16.0 Å². The van der Waals surface area contributed by atoms with Crippen molar-refractivity contribution in [2.75, 3.05) is 10.6 Å². The number of alkyl halides is 3. The molecule has 2 aromatic rings. The van der Waals surface area contributed by atoms with E-state index in [1.165, 1.54) is 37.7 Å². The van der Waals surface area contributed by atoms with E-state index in [9.17, 15) is 13.2 Å². The van der Waals surface area contributed by atoms with Gasteiger partial charge in [0.1, 0.15) is 18.0 Å². The van der Waals surface area contributed by atoms with Crippen molar-refractivity contribution in [2.45, 2.75) is 44.3 Å². The summed E-state index contributed by atoms with van der Waals surface area (Å²) >= 11 is 0. The van der Waals surface area contributed by atoms with Crippen LogP contribution in [0.5, 0.6) is 0 Å². The Morgan fingerprint density at radius 2 is 1.58 bits per heavy atom. The highest BCUT2D eigenvalue weighted by Gasteiger charge is 2.29. The molecular formula is C17H19F3N4. The standard InChI is InChI=1S/C17H19F3N4/c18-17(19,20)12-6-8-14(9-7-12)24-16-10-15(21-11-22-16)23-13-4-2-1-3-5-13/h6-11,13H,1-5H2,(H2,21,22,23,24). The van der Waals surface area contributed by atoms with Crippen LogP contribution in [0.25, 0.3) is 0 Å². The maximum Gasteiger partial charge on any atom is 0.416 e. The first-order valence-corrected chi connectivity index (χ1v) is 8.03. The number of aromatic nitrogens is 2. The molecule has 0 saturated heterocycles. The Balaban J connectivity index is 1.65. The molecule has 3 rings (SSSR count). The van der Waals surface area contributed by atoms with Gasteiger partial charge in [0.05, 0.1) is 5.56 Å². The molecule has 0 radical (unpaired) electrons. The molecule has 4 nitrogen and oxygen atoms in total. The molecule has 128 valence electrons. The van der Waals surface area contributed by atoms with E-state index in [4.69, 9.17) is 0 Å². The highest BCUT2D eigenvalue weighted by molar-refractivity contribution is 5.59. The smallest absolute Gasteiger partial charge is 0.367 e. The molecule has 0 bridgehead atoms. The van der Waals surface area contributed by atoms with Gasteiger partial charge in [-0.3, -0.25) is 0 Å². The minimum Gasteiger partial charge on any atom is -0.367 e. The van der Waals surface area contributed by atoms with Crippen LogP contribution in [0.4, 0.5) is 30.5 Å². The van der Waals surface area contributed by atoms with Gasteiger partial charge in [-0.1, -0.05) is 19.3 Å². The average molecular weight is 336 g/mol. The second-order valence-corrected chi connectivity index (χ2v) is 5.97. The second-order valence-electron chi connectivity index (χ2n) is 5.97. The van der Waals surface area contributed by atoms with Gasteiger partial charge in [0.2, 0.25) is 0 Å². The van der Waals surface area contributed by atoms with Gasteiger partial charge in [-0.25, -0.2) is 9.97 Å². The first-order valence-electron chi connectivity index (χ1n) is 8.03. The van der Waals surface area contributed by atoms with Crippen LogP contribution < -0.4 is 10.6 Å². The molecule has 1 heterocycles. The highest BCUT2D eigenvalue weighted by Crippen LogP contribution is 2.30. The number of nitrogens with one attached hydrogen (secondary N) is 2. The third-order valence-corrected chi connectivity index (χ3v) is 4.11. The summed E-state index contributed by atoms with van der Waals surface area (Å²) in [6, 6.07) is 7.06. The number of hydrogen-bond acceptors (Lipinski definition) is 4. The van der Waals surface area contributed by atoms with Gasteiger partial charge in [-0.2, -0.15) is 13.2 Å². The fraction of sp³-hybridized carbons (Fsp3) is 0.412. The molecule has 1 fully saturated rings. The van der Waals surface area contributed by atoms with Crippen LogP contribution in [0.3, 0.4) is 0 Å². The lowest BCUT2D eigenvalue weighted by Crippen LogP contribution is -2.22. The number of benzene rings is 1. The average Bonchev–Trinajstić information content (AvgIpc) is 2.56. The fourth-order valence-electron chi connectivity index (χ4n) is 2.85. The second kappa shape index (κ2) is 7.07. The number of anilines is 3. The van der Waals surface area contributed by atoms with E-state index < -0.39 is 11.7 Å². The van der Waals surface area contributed by atoms with Crippen LogP contribution >= 0.6 is 0 Å². The molecule has 0 unspecified atom stereocenters. The summed E-state index contributed by atoms with van der Waals surface area (Å²) in [5.74, 6) is 1.27. The molecule has 1 aliphatic carbocycles. The van der Waals surface area contributed by atoms with Gasteiger partial charge in [0.25, 0.3) is 0 Å². The van der Waals surface area contributed by atoms with Crippen LogP contribution in [0.2, 0.25) is 0 Å². The van der Waals surface area contributed by atoms with E-state index in [2.05, 4.69) is 20.6 Å². The number of nitrogens with zero attached hydrogens (tertiary/aromatic N) is 2. The summed E-state index contributed by atoms with van der Waals surface area (Å²) in [5, 5.41) is 6.40. The predicted octanol–water partition coefficient (Wildman–Crippen LogP) is 4.98. The Morgan fingerprint density at radius 3 is 2.25 bits per heavy atom. The summed E-state index contributed by atoms with van der Waals surface area (Å²) in [6.45, 7) is 0. The molecule has 0 atom stereocenters. The lowest BCUT2D eigenvalue weighted by molar-refractivity contribution is -0.137. The van der Waals surface area contributed by atoms with Gasteiger partial charge in [0.15, 0.2) is 0 Å². The van der Waals surface area contributed by atoms with Crippen molar-refractivity contribution in [3.05, 3.63) is 42.2 Å². The van der Waals surface area contributed by atoms with Crippen LogP contribution in [-0.2, 0) is 6.18 Å². The van der Waals surface area contributed by atoms with E-state index in [1.54, 1.807) is 6.07 Å². The van der Waals surface area contributed by atoms with Crippen molar-refractivity contribution >= 4 is 17.3 Å². The Bertz CT molecular complexity index is 664. The molecular weight excluding hydrogens is 317 g/mol. The molecule has 0 spiro atoms. The molecule has 1 aromatic heterocycles. The molecule has 7 heteroatoms. The first-order chi connectivity index (χ1) is 11.5. The number of rotatable bonds is 4. The SMILES string of the molecule is FC(F)(F)c1ccc(Nc2cc(NC3CCCCC3)ncn2)cc1. The zero-order valence-electron chi connectivity index (χ0n) is 13.1. The maximum atomic E-state index is 12.6. The fourth-order valence-corrected chi connectivity index (χ4v) is 2.85. The Kier molecular flexibility index (Phi) is 4.87. The lowest BCUT2D eigenvalue weighted by Gasteiger charge is -2.23. The Hall–Kier alpha value is -2.31. The minimum absolute atomic E-state index is 0.424. The minimum atomic E-state index is -4.33. The summed E-state index contributed by atoms with van der Waals surface area (Å²) in [4.78, 5) is 8.33. The highest BCUT2D eigenvalue weighted by atomic mass is 19.4. The quantitative estimate of drug-likeness (QED) is 0.826. The van der Waals surface area contributed by atoms with Crippen molar-refractivity contribution in [2.24, 2.45) is 0 Å². The first kappa shape index (κ1) is 16.5. The van der Waals surface area contributed by atoms with Gasteiger partial charge in [-0.05, 0) is 37.1 Å². The zero-order valence-corrected chi connectivity index (χ0v) is 13.1. The summed E-state index contributed by atoms with van der Waals surface area (Å²) in [6.07, 6.45) is 3.10. The van der Waals surface area contributed by atoms with Gasteiger partial charge >= 0.3 is 6.18 Å². The van der Waals surface area contributed by atoms with Crippen LogP contribution in [0.15, 0.2) is 36.7 Å².